The molecule has 0 aliphatic carbocycles. The van der Waals surface area contributed by atoms with E-state index in [4.69, 9.17) is 19.5 Å². The molecule has 8 heteroatoms. The zero-order valence-corrected chi connectivity index (χ0v) is 18.4. The smallest absolute Gasteiger partial charge is 0.341 e. The van der Waals surface area contributed by atoms with Crippen LogP contribution in [0.15, 0.2) is 23.6 Å². The zero-order valence-electron chi connectivity index (χ0n) is 17.6. The Morgan fingerprint density at radius 3 is 2.57 bits per heavy atom. The van der Waals surface area contributed by atoms with Crippen LogP contribution in [0.2, 0.25) is 0 Å². The topological polar surface area (TPSA) is 97.6 Å². The molecule has 1 heterocycles. The Morgan fingerprint density at radius 2 is 1.93 bits per heavy atom. The van der Waals surface area contributed by atoms with E-state index in [0.29, 0.717) is 46.6 Å². The van der Waals surface area contributed by atoms with Gasteiger partial charge in [0.25, 0.3) is 5.91 Å². The molecule has 0 saturated carbocycles. The second-order valence-electron chi connectivity index (χ2n) is 6.83. The van der Waals surface area contributed by atoms with Crippen molar-refractivity contribution in [2.75, 3.05) is 25.1 Å². The van der Waals surface area contributed by atoms with Gasteiger partial charge in [0, 0.05) is 6.07 Å². The van der Waals surface area contributed by atoms with Gasteiger partial charge in [-0.25, -0.2) is 4.79 Å². The summed E-state index contributed by atoms with van der Waals surface area (Å²) in [4.78, 5) is 24.9. The molecule has 160 valence electrons. The average Bonchev–Trinajstić information content (AvgIpc) is 3.08. The molecular formula is C22H26N2O5S. The summed E-state index contributed by atoms with van der Waals surface area (Å²) in [5.41, 5.74) is 1.69. The number of esters is 1. The van der Waals surface area contributed by atoms with Crippen LogP contribution >= 0.6 is 11.3 Å². The van der Waals surface area contributed by atoms with E-state index in [9.17, 15) is 9.59 Å². The van der Waals surface area contributed by atoms with Crippen LogP contribution in [0.3, 0.4) is 0 Å². The van der Waals surface area contributed by atoms with Crippen LogP contribution in [-0.4, -0.2) is 31.7 Å². The van der Waals surface area contributed by atoms with Gasteiger partial charge in [-0.2, -0.15) is 5.26 Å². The van der Waals surface area contributed by atoms with Crippen molar-refractivity contribution in [1.82, 2.24) is 0 Å². The molecule has 0 spiro atoms. The first-order chi connectivity index (χ1) is 14.4. The lowest BCUT2D eigenvalue weighted by atomic mass is 10.0. The lowest BCUT2D eigenvalue weighted by Gasteiger charge is -2.12. The number of rotatable bonds is 10. The van der Waals surface area contributed by atoms with Gasteiger partial charge in [0.05, 0.1) is 30.4 Å². The summed E-state index contributed by atoms with van der Waals surface area (Å²) < 4.78 is 16.2. The number of amides is 1. The van der Waals surface area contributed by atoms with Gasteiger partial charge in [-0.05, 0) is 49.3 Å². The first kappa shape index (κ1) is 23.2. The standard InChI is InChI=1S/C22H26N2O5S/c1-5-27-18-10-15(11-23)7-8-17(18)29-12-19(25)24-21-20(22(26)28-6-2)16(13-30-21)9-14(3)4/h7-8,10,13-14H,5-6,9,12H2,1-4H3,(H,24,25). The molecule has 2 rings (SSSR count). The summed E-state index contributed by atoms with van der Waals surface area (Å²) in [6.45, 7) is 8.06. The Bertz CT molecular complexity index is 930. The monoisotopic (exact) mass is 430 g/mol. The van der Waals surface area contributed by atoms with E-state index in [1.165, 1.54) is 11.3 Å². The van der Waals surface area contributed by atoms with E-state index >= 15 is 0 Å². The SMILES string of the molecule is CCOC(=O)c1c(CC(C)C)csc1NC(=O)COc1ccc(C#N)cc1OCC. The number of carbonyl (C=O) groups excluding carboxylic acids is 2. The minimum Gasteiger partial charge on any atom is -0.490 e. The van der Waals surface area contributed by atoms with Crippen molar-refractivity contribution in [1.29, 1.82) is 5.26 Å². The van der Waals surface area contributed by atoms with Gasteiger partial charge >= 0.3 is 5.97 Å². The number of benzene rings is 1. The molecule has 0 unspecified atom stereocenters. The van der Waals surface area contributed by atoms with Crippen molar-refractivity contribution < 1.29 is 23.8 Å². The summed E-state index contributed by atoms with van der Waals surface area (Å²) in [5.74, 6) is 0.255. The minimum atomic E-state index is -0.448. The zero-order chi connectivity index (χ0) is 22.1. The number of nitriles is 1. The molecule has 1 aromatic heterocycles. The largest absolute Gasteiger partial charge is 0.490 e. The van der Waals surface area contributed by atoms with E-state index in [2.05, 4.69) is 19.2 Å². The van der Waals surface area contributed by atoms with Crippen molar-refractivity contribution in [3.8, 4) is 17.6 Å². The van der Waals surface area contributed by atoms with E-state index in [1.54, 1.807) is 25.1 Å². The number of ether oxygens (including phenoxy) is 3. The Balaban J connectivity index is 2.12. The van der Waals surface area contributed by atoms with Crippen LogP contribution in [0.1, 0.15) is 49.2 Å². The summed E-state index contributed by atoms with van der Waals surface area (Å²) in [6, 6.07) is 6.78. The molecule has 0 fully saturated rings. The number of anilines is 1. The van der Waals surface area contributed by atoms with Crippen LogP contribution < -0.4 is 14.8 Å². The van der Waals surface area contributed by atoms with Gasteiger partial charge in [0.15, 0.2) is 18.1 Å². The average molecular weight is 431 g/mol. The summed E-state index contributed by atoms with van der Waals surface area (Å²) in [7, 11) is 0. The Hall–Kier alpha value is -3.05. The van der Waals surface area contributed by atoms with Crippen LogP contribution in [0.4, 0.5) is 5.00 Å². The van der Waals surface area contributed by atoms with Crippen LogP contribution in [-0.2, 0) is 16.0 Å². The van der Waals surface area contributed by atoms with Gasteiger partial charge in [0.1, 0.15) is 5.00 Å². The molecule has 7 nitrogen and oxygen atoms in total. The Labute approximate surface area is 180 Å². The number of hydrogen-bond donors (Lipinski definition) is 1. The maximum Gasteiger partial charge on any atom is 0.341 e. The van der Waals surface area contributed by atoms with Crippen molar-refractivity contribution in [2.24, 2.45) is 5.92 Å². The first-order valence-electron chi connectivity index (χ1n) is 9.76. The second kappa shape index (κ2) is 11.2. The summed E-state index contributed by atoms with van der Waals surface area (Å²) >= 11 is 1.29. The lowest BCUT2D eigenvalue weighted by molar-refractivity contribution is -0.118. The predicted molar refractivity (Wildman–Crippen MR) is 115 cm³/mol. The molecule has 1 aromatic carbocycles. The van der Waals surface area contributed by atoms with Crippen molar-refractivity contribution >= 4 is 28.2 Å². The van der Waals surface area contributed by atoms with E-state index < -0.39 is 11.9 Å². The maximum atomic E-state index is 12.5. The normalized spacial score (nSPS) is 10.4. The molecular weight excluding hydrogens is 404 g/mol. The molecule has 1 amide bonds. The predicted octanol–water partition coefficient (Wildman–Crippen LogP) is 4.41. The van der Waals surface area contributed by atoms with Crippen molar-refractivity contribution in [3.05, 3.63) is 40.3 Å². The molecule has 0 radical (unpaired) electrons. The maximum absolute atomic E-state index is 12.5. The van der Waals surface area contributed by atoms with E-state index in [0.717, 1.165) is 5.56 Å². The van der Waals surface area contributed by atoms with Gasteiger partial charge < -0.3 is 19.5 Å². The minimum absolute atomic E-state index is 0.255. The molecule has 0 saturated heterocycles. The highest BCUT2D eigenvalue weighted by Crippen LogP contribution is 2.31. The van der Waals surface area contributed by atoms with Crippen LogP contribution in [0, 0.1) is 17.2 Å². The third-order valence-corrected chi connectivity index (χ3v) is 4.90. The van der Waals surface area contributed by atoms with E-state index in [1.807, 2.05) is 18.4 Å². The number of thiophene rings is 1. The van der Waals surface area contributed by atoms with Gasteiger partial charge in [-0.1, -0.05) is 13.8 Å². The number of nitrogens with zero attached hydrogens (tertiary/aromatic N) is 1. The number of carbonyl (C=O) groups is 2. The van der Waals surface area contributed by atoms with Crippen LogP contribution in [0.25, 0.3) is 0 Å². The Kier molecular flexibility index (Phi) is 8.69. The fraction of sp³-hybridized carbons (Fsp3) is 0.409. The number of nitrogens with one attached hydrogen (secondary N) is 1. The molecule has 2 aromatic rings. The van der Waals surface area contributed by atoms with Gasteiger partial charge in [0.2, 0.25) is 0 Å². The molecule has 0 atom stereocenters. The lowest BCUT2D eigenvalue weighted by Crippen LogP contribution is -2.21. The van der Waals surface area contributed by atoms with Gasteiger partial charge in [-0.3, -0.25) is 4.79 Å². The molecule has 0 bridgehead atoms. The summed E-state index contributed by atoms with van der Waals surface area (Å²) in [6.07, 6.45) is 0.708. The summed E-state index contributed by atoms with van der Waals surface area (Å²) in [5, 5.41) is 14.1. The van der Waals surface area contributed by atoms with Crippen molar-refractivity contribution in [2.45, 2.75) is 34.1 Å². The highest BCUT2D eigenvalue weighted by molar-refractivity contribution is 7.15. The van der Waals surface area contributed by atoms with Crippen molar-refractivity contribution in [3.63, 3.8) is 0 Å². The molecule has 1 N–H and O–H groups in total. The Morgan fingerprint density at radius 1 is 1.17 bits per heavy atom. The molecule has 30 heavy (non-hydrogen) atoms. The van der Waals surface area contributed by atoms with E-state index in [-0.39, 0.29) is 13.2 Å². The van der Waals surface area contributed by atoms with Crippen LogP contribution in [0.5, 0.6) is 11.5 Å². The fourth-order valence-electron chi connectivity index (χ4n) is 2.77. The third-order valence-electron chi connectivity index (χ3n) is 3.96. The molecule has 0 aliphatic rings. The quantitative estimate of drug-likeness (QED) is 0.561. The highest BCUT2D eigenvalue weighted by atomic mass is 32.1. The fourth-order valence-corrected chi connectivity index (χ4v) is 3.75. The number of hydrogen-bond acceptors (Lipinski definition) is 7. The first-order valence-corrected chi connectivity index (χ1v) is 10.6. The second-order valence-corrected chi connectivity index (χ2v) is 7.71. The highest BCUT2D eigenvalue weighted by Gasteiger charge is 2.22. The molecule has 0 aliphatic heterocycles. The third kappa shape index (κ3) is 6.22. The van der Waals surface area contributed by atoms with Gasteiger partial charge in [-0.15, -0.1) is 11.3 Å².